The molecule has 0 unspecified atom stereocenters. The van der Waals surface area contributed by atoms with E-state index in [4.69, 9.17) is 5.11 Å². The summed E-state index contributed by atoms with van der Waals surface area (Å²) in [6.07, 6.45) is 0. The molecule has 1 aliphatic rings. The molecule has 9 nitrogen and oxygen atoms in total. The van der Waals surface area contributed by atoms with Gasteiger partial charge in [-0.2, -0.15) is 0 Å². The Morgan fingerprint density at radius 3 is 2.41 bits per heavy atom. The topological polar surface area (TPSA) is 141 Å². The number of carbonyl (C=O) groups excluding carboxylic acids is 2. The molecular formula is C18H16N2O7S2. The van der Waals surface area contributed by atoms with Crippen molar-refractivity contribution in [1.82, 2.24) is 4.90 Å². The van der Waals surface area contributed by atoms with E-state index in [9.17, 15) is 27.9 Å². The van der Waals surface area contributed by atoms with Crippen molar-refractivity contribution < 1.29 is 33.0 Å². The zero-order valence-electron chi connectivity index (χ0n) is 15.1. The molecule has 0 saturated carbocycles. The summed E-state index contributed by atoms with van der Waals surface area (Å²) in [5.41, 5.74) is 0.516. The number of hydrogen-bond acceptors (Lipinski definition) is 7. The summed E-state index contributed by atoms with van der Waals surface area (Å²) in [6, 6.07) is 8.06. The summed E-state index contributed by atoms with van der Waals surface area (Å²) in [7, 11) is -4.12. The van der Waals surface area contributed by atoms with Crippen molar-refractivity contribution in [1.29, 1.82) is 0 Å². The Bertz CT molecular complexity index is 1100. The number of sulfonamides is 1. The Morgan fingerprint density at radius 1 is 1.21 bits per heavy atom. The molecule has 1 fully saturated rings. The minimum Gasteiger partial charge on any atom is -0.507 e. The minimum absolute atomic E-state index is 0.0940. The maximum Gasteiger partial charge on any atom is 0.339 e. The van der Waals surface area contributed by atoms with Crippen molar-refractivity contribution in [3.8, 4) is 5.75 Å². The van der Waals surface area contributed by atoms with Crippen molar-refractivity contribution in [2.75, 3.05) is 10.5 Å². The van der Waals surface area contributed by atoms with E-state index in [1.807, 2.05) is 0 Å². The van der Waals surface area contributed by atoms with Gasteiger partial charge in [-0.25, -0.2) is 13.2 Å². The van der Waals surface area contributed by atoms with Crippen molar-refractivity contribution >= 4 is 44.6 Å². The molecule has 3 rings (SSSR count). The van der Waals surface area contributed by atoms with Crippen LogP contribution in [0, 0.1) is 6.92 Å². The molecule has 2 aromatic rings. The first-order valence-corrected chi connectivity index (χ1v) is 10.7. The number of hydrogen-bond donors (Lipinski definition) is 3. The molecule has 0 spiro atoms. The molecule has 0 aromatic heterocycles. The van der Waals surface area contributed by atoms with Crippen LogP contribution < -0.4 is 4.72 Å². The number of aromatic carboxylic acids is 1. The maximum atomic E-state index is 12.7. The van der Waals surface area contributed by atoms with Gasteiger partial charge in [-0.05, 0) is 42.3 Å². The van der Waals surface area contributed by atoms with Gasteiger partial charge in [-0.15, -0.1) is 0 Å². The highest BCUT2D eigenvalue weighted by molar-refractivity contribution is 8.14. The predicted octanol–water partition coefficient (Wildman–Crippen LogP) is 2.40. The Balaban J connectivity index is 1.81. The monoisotopic (exact) mass is 436 g/mol. The molecule has 29 heavy (non-hydrogen) atoms. The number of carbonyl (C=O) groups is 3. The Kier molecular flexibility index (Phi) is 5.53. The molecule has 1 heterocycles. The lowest BCUT2D eigenvalue weighted by Gasteiger charge is -2.14. The van der Waals surface area contributed by atoms with E-state index in [-0.39, 0.29) is 39.6 Å². The third-order valence-electron chi connectivity index (χ3n) is 4.20. The van der Waals surface area contributed by atoms with Gasteiger partial charge in [0, 0.05) is 5.69 Å². The molecule has 1 saturated heterocycles. The lowest BCUT2D eigenvalue weighted by atomic mass is 10.1. The number of carboxylic acids is 1. The maximum absolute atomic E-state index is 12.7. The minimum atomic E-state index is -4.12. The number of rotatable bonds is 6. The van der Waals surface area contributed by atoms with Crippen LogP contribution in [0.3, 0.4) is 0 Å². The number of amides is 2. The number of nitrogens with one attached hydrogen (secondary N) is 1. The molecule has 11 heteroatoms. The van der Waals surface area contributed by atoms with Gasteiger partial charge in [-0.3, -0.25) is 19.2 Å². The van der Waals surface area contributed by atoms with E-state index >= 15 is 0 Å². The van der Waals surface area contributed by atoms with Crippen LogP contribution in [0.15, 0.2) is 41.3 Å². The molecule has 0 radical (unpaired) electrons. The SMILES string of the molecule is Cc1cc(O)c(C(=O)O)cc1S(=O)(=O)Nc1ccc(CN2C(=O)CSC2=O)cc1. The van der Waals surface area contributed by atoms with Crippen molar-refractivity contribution in [2.24, 2.45) is 0 Å². The molecule has 3 N–H and O–H groups in total. The number of anilines is 1. The number of aryl methyl sites for hydroxylation is 1. The van der Waals surface area contributed by atoms with Gasteiger partial charge in [0.2, 0.25) is 5.91 Å². The van der Waals surface area contributed by atoms with E-state index in [2.05, 4.69) is 4.72 Å². The van der Waals surface area contributed by atoms with Gasteiger partial charge in [0.1, 0.15) is 11.3 Å². The number of imide groups is 1. The normalized spacial score (nSPS) is 14.3. The largest absolute Gasteiger partial charge is 0.507 e. The van der Waals surface area contributed by atoms with E-state index in [1.54, 1.807) is 12.1 Å². The summed E-state index contributed by atoms with van der Waals surface area (Å²) in [5.74, 6) is -2.14. The Hall–Kier alpha value is -3.05. The number of aromatic hydroxyl groups is 1. The van der Waals surface area contributed by atoms with Gasteiger partial charge < -0.3 is 10.2 Å². The molecule has 0 bridgehead atoms. The van der Waals surface area contributed by atoms with Crippen LogP contribution in [-0.4, -0.2) is 46.4 Å². The summed E-state index contributed by atoms with van der Waals surface area (Å²) >= 11 is 0.933. The number of benzene rings is 2. The smallest absolute Gasteiger partial charge is 0.339 e. The highest BCUT2D eigenvalue weighted by atomic mass is 32.2. The van der Waals surface area contributed by atoms with Crippen molar-refractivity contribution in [3.63, 3.8) is 0 Å². The summed E-state index contributed by atoms with van der Waals surface area (Å²) in [6.45, 7) is 1.53. The molecule has 0 aliphatic carbocycles. The molecule has 2 aromatic carbocycles. The van der Waals surface area contributed by atoms with Gasteiger partial charge >= 0.3 is 5.97 Å². The van der Waals surface area contributed by atoms with E-state index in [0.29, 0.717) is 5.56 Å². The van der Waals surface area contributed by atoms with Crippen LogP contribution in [0.1, 0.15) is 21.5 Å². The molecule has 1 aliphatic heterocycles. The number of carboxylic acid groups (broad SMARTS) is 1. The lowest BCUT2D eigenvalue weighted by Crippen LogP contribution is -2.27. The molecule has 2 amide bonds. The van der Waals surface area contributed by atoms with Gasteiger partial charge in [0.15, 0.2) is 0 Å². The van der Waals surface area contributed by atoms with Gasteiger partial charge in [0.05, 0.1) is 17.2 Å². The summed E-state index contributed by atoms with van der Waals surface area (Å²) in [4.78, 5) is 35.3. The summed E-state index contributed by atoms with van der Waals surface area (Å²) in [5, 5.41) is 18.4. The molecule has 152 valence electrons. The number of thioether (sulfide) groups is 1. The van der Waals surface area contributed by atoms with E-state index < -0.39 is 27.3 Å². The number of phenols is 1. The second-order valence-electron chi connectivity index (χ2n) is 6.28. The standard InChI is InChI=1S/C18H16N2O7S2/c1-10-6-14(21)13(17(23)24)7-15(10)29(26,27)19-12-4-2-11(3-5-12)8-20-16(22)9-28-18(20)25/h2-7,19,21H,8-9H2,1H3,(H,23,24). The van der Waals surface area contributed by atoms with Crippen LogP contribution in [0.5, 0.6) is 5.75 Å². The third kappa shape index (κ3) is 4.35. The van der Waals surface area contributed by atoms with Crippen LogP contribution >= 0.6 is 11.8 Å². The van der Waals surface area contributed by atoms with Crippen LogP contribution in [-0.2, 0) is 21.4 Å². The lowest BCUT2D eigenvalue weighted by molar-refractivity contribution is -0.125. The Labute approximate surface area is 170 Å². The quantitative estimate of drug-likeness (QED) is 0.627. The average molecular weight is 436 g/mol. The summed E-state index contributed by atoms with van der Waals surface area (Å²) < 4.78 is 27.7. The van der Waals surface area contributed by atoms with Gasteiger partial charge in [0.25, 0.3) is 15.3 Å². The Morgan fingerprint density at radius 2 is 1.86 bits per heavy atom. The highest BCUT2D eigenvalue weighted by Gasteiger charge is 2.29. The van der Waals surface area contributed by atoms with E-state index in [0.717, 1.165) is 28.8 Å². The number of nitrogens with zero attached hydrogens (tertiary/aromatic N) is 1. The van der Waals surface area contributed by atoms with Crippen molar-refractivity contribution in [2.45, 2.75) is 18.4 Å². The first-order valence-electron chi connectivity index (χ1n) is 8.24. The van der Waals surface area contributed by atoms with Crippen LogP contribution in [0.2, 0.25) is 0 Å². The third-order valence-corrected chi connectivity index (χ3v) is 6.58. The second-order valence-corrected chi connectivity index (χ2v) is 8.85. The fourth-order valence-corrected chi connectivity index (χ4v) is 4.78. The van der Waals surface area contributed by atoms with Gasteiger partial charge in [-0.1, -0.05) is 23.9 Å². The fraction of sp³-hybridized carbons (Fsp3) is 0.167. The van der Waals surface area contributed by atoms with E-state index in [1.165, 1.54) is 19.1 Å². The predicted molar refractivity (Wildman–Crippen MR) is 105 cm³/mol. The fourth-order valence-electron chi connectivity index (χ4n) is 2.74. The zero-order chi connectivity index (χ0) is 21.3. The average Bonchev–Trinajstić information content (AvgIpc) is 2.94. The van der Waals surface area contributed by atoms with Crippen LogP contribution in [0.25, 0.3) is 0 Å². The first kappa shape index (κ1) is 20.7. The first-order chi connectivity index (χ1) is 13.6. The van der Waals surface area contributed by atoms with Crippen LogP contribution in [0.4, 0.5) is 10.5 Å². The zero-order valence-corrected chi connectivity index (χ0v) is 16.7. The molecular weight excluding hydrogens is 420 g/mol. The van der Waals surface area contributed by atoms with Crippen molar-refractivity contribution in [3.05, 3.63) is 53.1 Å². The molecule has 0 atom stereocenters. The second kappa shape index (κ2) is 7.76. The highest BCUT2D eigenvalue weighted by Crippen LogP contribution is 2.27.